The molecule has 1 aromatic heterocycles. The van der Waals surface area contributed by atoms with E-state index in [9.17, 15) is 4.79 Å². The summed E-state index contributed by atoms with van der Waals surface area (Å²) >= 11 is 0. The van der Waals surface area contributed by atoms with Gasteiger partial charge in [0.05, 0.1) is 0 Å². The molecule has 4 heteroatoms. The van der Waals surface area contributed by atoms with Crippen LogP contribution in [0.3, 0.4) is 0 Å². The number of piperidine rings is 1. The molecule has 4 nitrogen and oxygen atoms in total. The molecule has 0 saturated carbocycles. The van der Waals surface area contributed by atoms with Crippen LogP contribution < -0.4 is 10.6 Å². The van der Waals surface area contributed by atoms with Gasteiger partial charge in [-0.3, -0.25) is 4.79 Å². The van der Waals surface area contributed by atoms with Crippen LogP contribution in [0.4, 0.5) is 0 Å². The number of nitrogens with one attached hydrogen (secondary N) is 3. The molecule has 1 aliphatic rings. The molecule has 1 fully saturated rings. The lowest BCUT2D eigenvalue weighted by Crippen LogP contribution is -2.45. The van der Waals surface area contributed by atoms with E-state index in [1.807, 2.05) is 6.07 Å². The lowest BCUT2D eigenvalue weighted by molar-refractivity contribution is 0.0926. The Balaban J connectivity index is 1.87. The zero-order chi connectivity index (χ0) is 9.80. The minimum absolute atomic E-state index is 0.0105. The third kappa shape index (κ3) is 2.14. The van der Waals surface area contributed by atoms with Gasteiger partial charge in [-0.05, 0) is 31.5 Å². The molecule has 2 rings (SSSR count). The Morgan fingerprint density at radius 2 is 2.50 bits per heavy atom. The molecule has 1 amide bonds. The van der Waals surface area contributed by atoms with E-state index in [1.165, 1.54) is 0 Å². The molecular formula is C10H15N3O. The van der Waals surface area contributed by atoms with Gasteiger partial charge in [0.1, 0.15) is 5.69 Å². The third-order valence-corrected chi connectivity index (χ3v) is 2.47. The van der Waals surface area contributed by atoms with Gasteiger partial charge in [-0.25, -0.2) is 0 Å². The van der Waals surface area contributed by atoms with Crippen molar-refractivity contribution in [1.29, 1.82) is 0 Å². The Bertz CT molecular complexity index is 288. The van der Waals surface area contributed by atoms with E-state index in [0.29, 0.717) is 5.69 Å². The zero-order valence-electron chi connectivity index (χ0n) is 8.05. The molecule has 1 aliphatic heterocycles. The van der Waals surface area contributed by atoms with Crippen LogP contribution in [-0.2, 0) is 0 Å². The number of H-pyrrole nitrogens is 1. The minimum atomic E-state index is -0.0105. The third-order valence-electron chi connectivity index (χ3n) is 2.47. The molecule has 2 heterocycles. The van der Waals surface area contributed by atoms with Crippen LogP contribution in [0.25, 0.3) is 0 Å². The summed E-state index contributed by atoms with van der Waals surface area (Å²) in [6.07, 6.45) is 3.96. The molecule has 1 atom stereocenters. The van der Waals surface area contributed by atoms with E-state index in [-0.39, 0.29) is 11.9 Å². The van der Waals surface area contributed by atoms with Gasteiger partial charge in [0.25, 0.3) is 5.91 Å². The molecule has 76 valence electrons. The SMILES string of the molecule is O=C(NC1CCCNC1)c1ccc[nH]1. The van der Waals surface area contributed by atoms with Crippen LogP contribution in [-0.4, -0.2) is 30.0 Å². The van der Waals surface area contributed by atoms with E-state index in [0.717, 1.165) is 25.9 Å². The van der Waals surface area contributed by atoms with Gasteiger partial charge in [-0.2, -0.15) is 0 Å². The van der Waals surface area contributed by atoms with Crippen LogP contribution in [0.2, 0.25) is 0 Å². The minimum Gasteiger partial charge on any atom is -0.357 e. The van der Waals surface area contributed by atoms with E-state index in [2.05, 4.69) is 15.6 Å². The average Bonchev–Trinajstić information content (AvgIpc) is 2.72. The number of hydrogen-bond donors (Lipinski definition) is 3. The first-order valence-electron chi connectivity index (χ1n) is 5.01. The first-order chi connectivity index (χ1) is 6.86. The number of carbonyl (C=O) groups excluding carboxylic acids is 1. The predicted molar refractivity (Wildman–Crippen MR) is 54.2 cm³/mol. The second-order valence-corrected chi connectivity index (χ2v) is 3.60. The Kier molecular flexibility index (Phi) is 2.84. The fourth-order valence-corrected chi connectivity index (χ4v) is 1.71. The quantitative estimate of drug-likeness (QED) is 0.640. The van der Waals surface area contributed by atoms with Gasteiger partial charge in [0, 0.05) is 18.8 Å². The van der Waals surface area contributed by atoms with E-state index >= 15 is 0 Å². The predicted octanol–water partition coefficient (Wildman–Crippen LogP) is 0.496. The Hall–Kier alpha value is -1.29. The molecule has 0 bridgehead atoms. The lowest BCUT2D eigenvalue weighted by Gasteiger charge is -2.23. The molecule has 1 saturated heterocycles. The Morgan fingerprint density at radius 1 is 1.57 bits per heavy atom. The highest BCUT2D eigenvalue weighted by atomic mass is 16.1. The van der Waals surface area contributed by atoms with Crippen molar-refractivity contribution < 1.29 is 4.79 Å². The summed E-state index contributed by atoms with van der Waals surface area (Å²) in [5.41, 5.74) is 0.635. The zero-order valence-corrected chi connectivity index (χ0v) is 8.05. The van der Waals surface area contributed by atoms with Crippen LogP contribution in [0.5, 0.6) is 0 Å². The van der Waals surface area contributed by atoms with Gasteiger partial charge >= 0.3 is 0 Å². The van der Waals surface area contributed by atoms with Crippen molar-refractivity contribution >= 4 is 5.91 Å². The number of hydrogen-bond acceptors (Lipinski definition) is 2. The monoisotopic (exact) mass is 193 g/mol. The maximum Gasteiger partial charge on any atom is 0.267 e. The number of aromatic amines is 1. The normalized spacial score (nSPS) is 21.9. The summed E-state index contributed by atoms with van der Waals surface area (Å²) in [5, 5.41) is 6.25. The molecule has 3 N–H and O–H groups in total. The van der Waals surface area contributed by atoms with Crippen molar-refractivity contribution in [3.05, 3.63) is 24.0 Å². The van der Waals surface area contributed by atoms with Gasteiger partial charge < -0.3 is 15.6 Å². The number of amides is 1. The summed E-state index contributed by atoms with van der Waals surface area (Å²) in [7, 11) is 0. The van der Waals surface area contributed by atoms with Crippen molar-refractivity contribution in [3.8, 4) is 0 Å². The average molecular weight is 193 g/mol. The lowest BCUT2D eigenvalue weighted by atomic mass is 10.1. The maximum atomic E-state index is 11.6. The van der Waals surface area contributed by atoms with Crippen LogP contribution in [0, 0.1) is 0 Å². The summed E-state index contributed by atoms with van der Waals surface area (Å²) in [5.74, 6) is -0.0105. The molecule has 0 aliphatic carbocycles. The standard InChI is InChI=1S/C10H15N3O/c14-10(9-4-2-6-12-9)13-8-3-1-5-11-7-8/h2,4,6,8,11-12H,1,3,5,7H2,(H,13,14). The molecule has 0 radical (unpaired) electrons. The highest BCUT2D eigenvalue weighted by Gasteiger charge is 2.16. The van der Waals surface area contributed by atoms with E-state index < -0.39 is 0 Å². The first-order valence-corrected chi connectivity index (χ1v) is 5.01. The van der Waals surface area contributed by atoms with Gasteiger partial charge in [0.2, 0.25) is 0 Å². The van der Waals surface area contributed by atoms with Crippen LogP contribution >= 0.6 is 0 Å². The van der Waals surface area contributed by atoms with Crippen molar-refractivity contribution in [2.75, 3.05) is 13.1 Å². The second kappa shape index (κ2) is 4.28. The molecule has 1 aromatic rings. The molecule has 1 unspecified atom stereocenters. The van der Waals surface area contributed by atoms with Crippen LogP contribution in [0.1, 0.15) is 23.3 Å². The molecule has 0 spiro atoms. The number of carbonyl (C=O) groups is 1. The van der Waals surface area contributed by atoms with E-state index in [4.69, 9.17) is 0 Å². The van der Waals surface area contributed by atoms with Gasteiger partial charge in [-0.15, -0.1) is 0 Å². The van der Waals surface area contributed by atoms with Crippen molar-refractivity contribution in [2.45, 2.75) is 18.9 Å². The fourth-order valence-electron chi connectivity index (χ4n) is 1.71. The van der Waals surface area contributed by atoms with Crippen molar-refractivity contribution in [2.24, 2.45) is 0 Å². The molecule has 14 heavy (non-hydrogen) atoms. The summed E-state index contributed by atoms with van der Waals surface area (Å²) < 4.78 is 0. The smallest absolute Gasteiger partial charge is 0.267 e. The van der Waals surface area contributed by atoms with E-state index in [1.54, 1.807) is 12.3 Å². The summed E-state index contributed by atoms with van der Waals surface area (Å²) in [4.78, 5) is 14.5. The Labute approximate surface area is 83.1 Å². The first kappa shape index (κ1) is 9.27. The van der Waals surface area contributed by atoms with Gasteiger partial charge in [-0.1, -0.05) is 0 Å². The summed E-state index contributed by atoms with van der Waals surface area (Å²) in [6.45, 7) is 1.95. The topological polar surface area (TPSA) is 56.9 Å². The maximum absolute atomic E-state index is 11.6. The summed E-state index contributed by atoms with van der Waals surface area (Å²) in [6, 6.07) is 3.89. The second-order valence-electron chi connectivity index (χ2n) is 3.60. The number of rotatable bonds is 2. The largest absolute Gasteiger partial charge is 0.357 e. The Morgan fingerprint density at radius 3 is 3.14 bits per heavy atom. The fraction of sp³-hybridized carbons (Fsp3) is 0.500. The van der Waals surface area contributed by atoms with Crippen molar-refractivity contribution in [1.82, 2.24) is 15.6 Å². The molecule has 0 aromatic carbocycles. The van der Waals surface area contributed by atoms with Crippen LogP contribution in [0.15, 0.2) is 18.3 Å². The highest BCUT2D eigenvalue weighted by Crippen LogP contribution is 2.02. The number of aromatic nitrogens is 1. The highest BCUT2D eigenvalue weighted by molar-refractivity contribution is 5.92. The molecular weight excluding hydrogens is 178 g/mol. The van der Waals surface area contributed by atoms with Crippen molar-refractivity contribution in [3.63, 3.8) is 0 Å². The van der Waals surface area contributed by atoms with Gasteiger partial charge in [0.15, 0.2) is 0 Å².